The summed E-state index contributed by atoms with van der Waals surface area (Å²) in [6.07, 6.45) is -1.47. The van der Waals surface area contributed by atoms with E-state index in [1.54, 1.807) is 25.2 Å². The Morgan fingerprint density at radius 2 is 1.89 bits per heavy atom. The maximum Gasteiger partial charge on any atom is 0.251 e. The smallest absolute Gasteiger partial charge is 0.251 e. The largest absolute Gasteiger partial charge is 0.309 e. The van der Waals surface area contributed by atoms with E-state index in [4.69, 9.17) is 0 Å². The number of halogens is 3. The molecule has 0 bridgehead atoms. The molecule has 0 saturated carbocycles. The molecule has 2 nitrogen and oxygen atoms in total. The van der Waals surface area contributed by atoms with Gasteiger partial charge in [-0.05, 0) is 26.1 Å². The first kappa shape index (κ1) is 16.0. The van der Waals surface area contributed by atoms with Crippen LogP contribution >= 0.6 is 0 Å². The fraction of sp³-hybridized carbons (Fsp3) is 0.571. The molecule has 0 aliphatic rings. The van der Waals surface area contributed by atoms with Crippen LogP contribution in [0.15, 0.2) is 24.3 Å². The first-order valence-electron chi connectivity index (χ1n) is 6.49. The topological polar surface area (TPSA) is 15.3 Å². The van der Waals surface area contributed by atoms with Crippen molar-refractivity contribution in [3.05, 3.63) is 35.6 Å². The van der Waals surface area contributed by atoms with Crippen LogP contribution in [-0.2, 0) is 0 Å². The number of nitrogens with zero attached hydrogens (tertiary/aromatic N) is 1. The minimum absolute atomic E-state index is 0.273. The molecule has 0 aliphatic carbocycles. The van der Waals surface area contributed by atoms with Gasteiger partial charge in [0.05, 0.1) is 6.54 Å². The zero-order chi connectivity index (χ0) is 14.3. The van der Waals surface area contributed by atoms with Gasteiger partial charge in [-0.3, -0.25) is 4.90 Å². The Morgan fingerprint density at radius 1 is 1.21 bits per heavy atom. The van der Waals surface area contributed by atoms with Gasteiger partial charge in [0.2, 0.25) is 0 Å². The van der Waals surface area contributed by atoms with Crippen LogP contribution in [0.25, 0.3) is 0 Å². The second-order valence-electron chi connectivity index (χ2n) is 4.64. The molecular weight excluding hydrogens is 253 g/mol. The van der Waals surface area contributed by atoms with E-state index in [0.29, 0.717) is 12.1 Å². The Balaban J connectivity index is 2.74. The lowest BCUT2D eigenvalue weighted by atomic mass is 10.1. The molecule has 0 saturated heterocycles. The molecule has 0 radical (unpaired) electrons. The van der Waals surface area contributed by atoms with Crippen LogP contribution < -0.4 is 5.32 Å². The summed E-state index contributed by atoms with van der Waals surface area (Å²) in [4.78, 5) is 1.52. The van der Waals surface area contributed by atoms with Crippen molar-refractivity contribution in [2.24, 2.45) is 0 Å². The molecule has 1 atom stereocenters. The zero-order valence-corrected chi connectivity index (χ0v) is 11.4. The SMILES string of the molecule is CCCNC(CN(C)CC(F)F)c1ccccc1F. The Kier molecular flexibility index (Phi) is 6.87. The average molecular weight is 274 g/mol. The molecular formula is C14H21F3N2. The van der Waals surface area contributed by atoms with Crippen molar-refractivity contribution >= 4 is 0 Å². The number of rotatable bonds is 8. The Morgan fingerprint density at radius 3 is 2.47 bits per heavy atom. The van der Waals surface area contributed by atoms with Crippen LogP contribution in [0.3, 0.4) is 0 Å². The zero-order valence-electron chi connectivity index (χ0n) is 11.4. The summed E-state index contributed by atoms with van der Waals surface area (Å²) in [5.74, 6) is -0.304. The minimum Gasteiger partial charge on any atom is -0.309 e. The Bertz CT molecular complexity index is 371. The molecule has 0 spiro atoms. The van der Waals surface area contributed by atoms with Crippen molar-refractivity contribution in [1.29, 1.82) is 0 Å². The number of benzene rings is 1. The van der Waals surface area contributed by atoms with Gasteiger partial charge in [0.25, 0.3) is 6.43 Å². The van der Waals surface area contributed by atoms with Gasteiger partial charge in [-0.25, -0.2) is 13.2 Å². The molecule has 0 amide bonds. The lowest BCUT2D eigenvalue weighted by Gasteiger charge is -2.25. The standard InChI is InChI=1S/C14H21F3N2/c1-3-8-18-13(9-19(2)10-14(16)17)11-6-4-5-7-12(11)15/h4-7,13-14,18H,3,8-10H2,1-2H3. The molecule has 1 unspecified atom stereocenters. The summed E-state index contributed by atoms with van der Waals surface area (Å²) in [6.45, 7) is 2.78. The van der Waals surface area contributed by atoms with E-state index in [1.165, 1.54) is 11.0 Å². The van der Waals surface area contributed by atoms with E-state index >= 15 is 0 Å². The van der Waals surface area contributed by atoms with E-state index in [0.717, 1.165) is 13.0 Å². The van der Waals surface area contributed by atoms with Gasteiger partial charge < -0.3 is 5.32 Å². The lowest BCUT2D eigenvalue weighted by Crippen LogP contribution is -2.36. The van der Waals surface area contributed by atoms with Crippen molar-refractivity contribution in [2.75, 3.05) is 26.7 Å². The normalized spacial score (nSPS) is 13.2. The van der Waals surface area contributed by atoms with E-state index in [2.05, 4.69) is 5.32 Å². The van der Waals surface area contributed by atoms with Crippen LogP contribution in [0.4, 0.5) is 13.2 Å². The summed E-state index contributed by atoms with van der Waals surface area (Å²) in [5, 5.41) is 3.20. The molecule has 0 aromatic heterocycles. The van der Waals surface area contributed by atoms with Crippen LogP contribution in [0.1, 0.15) is 24.9 Å². The molecule has 0 heterocycles. The number of alkyl halides is 2. The van der Waals surface area contributed by atoms with Gasteiger partial charge in [-0.2, -0.15) is 0 Å². The third-order valence-corrected chi connectivity index (χ3v) is 2.87. The maximum absolute atomic E-state index is 13.8. The van der Waals surface area contributed by atoms with Crippen LogP contribution in [-0.4, -0.2) is 38.0 Å². The quantitative estimate of drug-likeness (QED) is 0.783. The van der Waals surface area contributed by atoms with E-state index < -0.39 is 6.43 Å². The molecule has 5 heteroatoms. The van der Waals surface area contributed by atoms with Crippen molar-refractivity contribution in [2.45, 2.75) is 25.8 Å². The van der Waals surface area contributed by atoms with Crippen LogP contribution in [0, 0.1) is 5.82 Å². The Labute approximate surface area is 112 Å². The second kappa shape index (κ2) is 8.17. The summed E-state index contributed by atoms with van der Waals surface area (Å²) >= 11 is 0. The van der Waals surface area contributed by atoms with E-state index in [-0.39, 0.29) is 18.4 Å². The summed E-state index contributed by atoms with van der Waals surface area (Å²) in [7, 11) is 1.62. The van der Waals surface area contributed by atoms with Crippen LogP contribution in [0.5, 0.6) is 0 Å². The van der Waals surface area contributed by atoms with Gasteiger partial charge in [0.1, 0.15) is 5.82 Å². The van der Waals surface area contributed by atoms with Crippen molar-refractivity contribution in [3.63, 3.8) is 0 Å². The molecule has 1 rings (SSSR count). The van der Waals surface area contributed by atoms with Gasteiger partial charge in [0.15, 0.2) is 0 Å². The van der Waals surface area contributed by atoms with Crippen LogP contribution in [0.2, 0.25) is 0 Å². The number of nitrogens with one attached hydrogen (secondary N) is 1. The second-order valence-corrected chi connectivity index (χ2v) is 4.64. The highest BCUT2D eigenvalue weighted by Crippen LogP contribution is 2.18. The van der Waals surface area contributed by atoms with Crippen molar-refractivity contribution in [1.82, 2.24) is 10.2 Å². The fourth-order valence-corrected chi connectivity index (χ4v) is 1.97. The number of likely N-dealkylation sites (N-methyl/N-ethyl adjacent to an activating group) is 1. The maximum atomic E-state index is 13.8. The summed E-state index contributed by atoms with van der Waals surface area (Å²) in [5.41, 5.74) is 0.525. The molecule has 1 N–H and O–H groups in total. The van der Waals surface area contributed by atoms with Crippen molar-refractivity contribution in [3.8, 4) is 0 Å². The lowest BCUT2D eigenvalue weighted by molar-refractivity contribution is 0.0957. The predicted octanol–water partition coefficient (Wildman–Crippen LogP) is 3.06. The minimum atomic E-state index is -2.38. The number of hydrogen-bond donors (Lipinski definition) is 1. The highest BCUT2D eigenvalue weighted by molar-refractivity contribution is 5.21. The van der Waals surface area contributed by atoms with Gasteiger partial charge in [-0.15, -0.1) is 0 Å². The first-order valence-corrected chi connectivity index (χ1v) is 6.49. The highest BCUT2D eigenvalue weighted by Gasteiger charge is 2.18. The average Bonchev–Trinajstić information content (AvgIpc) is 2.34. The third kappa shape index (κ3) is 5.61. The molecule has 0 fully saturated rings. The van der Waals surface area contributed by atoms with Crippen molar-refractivity contribution < 1.29 is 13.2 Å². The molecule has 1 aromatic rings. The summed E-state index contributed by atoms with van der Waals surface area (Å²) < 4.78 is 38.4. The third-order valence-electron chi connectivity index (χ3n) is 2.87. The van der Waals surface area contributed by atoms with E-state index in [9.17, 15) is 13.2 Å². The highest BCUT2D eigenvalue weighted by atomic mass is 19.3. The monoisotopic (exact) mass is 274 g/mol. The first-order chi connectivity index (χ1) is 9.04. The Hall–Kier alpha value is -1.07. The fourth-order valence-electron chi connectivity index (χ4n) is 1.97. The van der Waals surface area contributed by atoms with Gasteiger partial charge in [-0.1, -0.05) is 25.1 Å². The molecule has 19 heavy (non-hydrogen) atoms. The number of hydrogen-bond acceptors (Lipinski definition) is 2. The van der Waals surface area contributed by atoms with E-state index in [1.807, 2.05) is 6.92 Å². The van der Waals surface area contributed by atoms with Gasteiger partial charge >= 0.3 is 0 Å². The van der Waals surface area contributed by atoms with Gasteiger partial charge in [0, 0.05) is 18.2 Å². The summed E-state index contributed by atoms with van der Waals surface area (Å²) in [6, 6.07) is 6.19. The molecule has 108 valence electrons. The molecule has 0 aliphatic heterocycles. The molecule has 1 aromatic carbocycles. The predicted molar refractivity (Wildman–Crippen MR) is 70.9 cm³/mol.